The Balaban J connectivity index is 1.70. The molecule has 3 aromatic carbocycles. The van der Waals surface area contributed by atoms with Gasteiger partial charge in [-0.2, -0.15) is 0 Å². The molecule has 1 aliphatic rings. The number of fused-ring (bicyclic) bond motifs is 1. The van der Waals surface area contributed by atoms with E-state index in [4.69, 9.17) is 0 Å². The van der Waals surface area contributed by atoms with Crippen LogP contribution in [0.2, 0.25) is 0 Å². The highest BCUT2D eigenvalue weighted by Gasteiger charge is 2.34. The number of carbonyl (C=O) groups is 2. The van der Waals surface area contributed by atoms with Gasteiger partial charge in [0.05, 0.1) is 11.1 Å². The number of benzene rings is 3. The van der Waals surface area contributed by atoms with Gasteiger partial charge in [-0.15, -0.1) is 0 Å². The molecular weight excluding hydrogens is 352 g/mol. The van der Waals surface area contributed by atoms with Crippen LogP contribution in [0.15, 0.2) is 96.0 Å². The van der Waals surface area contributed by atoms with Crippen LogP contribution in [0.1, 0.15) is 11.1 Å². The summed E-state index contributed by atoms with van der Waals surface area (Å²) in [6.07, 6.45) is 2.99. The van der Waals surface area contributed by atoms with Crippen LogP contribution in [0.3, 0.4) is 0 Å². The molecule has 0 bridgehead atoms. The third kappa shape index (κ3) is 3.01. The largest absolute Gasteiger partial charge is 0.504 e. The summed E-state index contributed by atoms with van der Waals surface area (Å²) in [7, 11) is 0. The summed E-state index contributed by atoms with van der Waals surface area (Å²) in [4.78, 5) is 25.1. The molecule has 0 saturated carbocycles. The highest BCUT2D eigenvalue weighted by atomic mass is 16.3. The van der Waals surface area contributed by atoms with Gasteiger partial charge in [0, 0.05) is 0 Å². The number of rotatable bonds is 3. The van der Waals surface area contributed by atoms with Crippen LogP contribution < -0.4 is 0 Å². The van der Waals surface area contributed by atoms with E-state index in [1.807, 2.05) is 42.5 Å². The molecule has 136 valence electrons. The number of aliphatic hydroxyl groups excluding tert-OH is 2. The van der Waals surface area contributed by atoms with E-state index in [1.165, 1.54) is 6.08 Å². The number of carbonyl (C=O) groups excluding carboxylic acids is 2. The van der Waals surface area contributed by atoms with Crippen molar-refractivity contribution in [3.63, 3.8) is 0 Å². The molecular formula is C24H16O4. The average molecular weight is 368 g/mol. The topological polar surface area (TPSA) is 74.6 Å². The molecule has 4 nitrogen and oxygen atoms in total. The number of hydrogen-bond acceptors (Lipinski definition) is 4. The number of Topliss-reactive ketones (excluding diaryl/α,β-unsaturated/α-hetero) is 2. The zero-order valence-corrected chi connectivity index (χ0v) is 14.8. The van der Waals surface area contributed by atoms with Gasteiger partial charge in [-0.3, -0.25) is 9.59 Å². The molecule has 28 heavy (non-hydrogen) atoms. The second-order valence-electron chi connectivity index (χ2n) is 6.45. The van der Waals surface area contributed by atoms with Crippen molar-refractivity contribution in [3.05, 3.63) is 107 Å². The lowest BCUT2D eigenvalue weighted by Crippen LogP contribution is -2.22. The second kappa shape index (κ2) is 7.00. The molecule has 0 saturated heterocycles. The van der Waals surface area contributed by atoms with Crippen LogP contribution in [-0.2, 0) is 9.59 Å². The number of ketones is 2. The summed E-state index contributed by atoms with van der Waals surface area (Å²) in [6.45, 7) is 0. The minimum absolute atomic E-state index is 0.189. The smallest absolute Gasteiger partial charge is 0.232 e. The quantitative estimate of drug-likeness (QED) is 0.652. The van der Waals surface area contributed by atoms with Crippen molar-refractivity contribution in [1.82, 2.24) is 0 Å². The molecule has 0 aliphatic heterocycles. The van der Waals surface area contributed by atoms with Gasteiger partial charge in [0.1, 0.15) is 0 Å². The van der Waals surface area contributed by atoms with Crippen LogP contribution in [-0.4, -0.2) is 21.8 Å². The average Bonchev–Trinajstić information content (AvgIpc) is 2.73. The molecule has 0 aromatic heterocycles. The Morgan fingerprint density at radius 2 is 1.32 bits per heavy atom. The molecule has 4 rings (SSSR count). The predicted octanol–water partition coefficient (Wildman–Crippen LogP) is 4.79. The minimum atomic E-state index is -0.784. The van der Waals surface area contributed by atoms with Crippen LogP contribution in [0.5, 0.6) is 0 Å². The monoisotopic (exact) mass is 368 g/mol. The van der Waals surface area contributed by atoms with Gasteiger partial charge in [-0.1, -0.05) is 72.8 Å². The van der Waals surface area contributed by atoms with E-state index < -0.39 is 23.1 Å². The van der Waals surface area contributed by atoms with E-state index in [0.717, 1.165) is 16.3 Å². The third-order valence-electron chi connectivity index (χ3n) is 4.67. The standard InChI is InChI=1S/C24H16O4/c25-21-19(13-11-15-10-12-16-6-4-5-9-18(16)14-15)22(26)24(28)20(23(21)27)17-7-2-1-3-8-17/h1-14,25,28H/b13-11+. The lowest BCUT2D eigenvalue weighted by molar-refractivity contribution is -0.118. The summed E-state index contributed by atoms with van der Waals surface area (Å²) in [5, 5.41) is 22.8. The molecule has 2 N–H and O–H groups in total. The Kier molecular flexibility index (Phi) is 4.38. The maximum absolute atomic E-state index is 12.6. The van der Waals surface area contributed by atoms with Gasteiger partial charge in [-0.05, 0) is 34.0 Å². The first-order valence-electron chi connectivity index (χ1n) is 8.74. The van der Waals surface area contributed by atoms with E-state index in [1.54, 1.807) is 36.4 Å². The molecule has 0 heterocycles. The van der Waals surface area contributed by atoms with Gasteiger partial charge >= 0.3 is 0 Å². The molecule has 0 radical (unpaired) electrons. The van der Waals surface area contributed by atoms with E-state index in [0.29, 0.717) is 5.56 Å². The van der Waals surface area contributed by atoms with Crippen molar-refractivity contribution in [1.29, 1.82) is 0 Å². The summed E-state index contributed by atoms with van der Waals surface area (Å²) >= 11 is 0. The maximum atomic E-state index is 12.6. The van der Waals surface area contributed by atoms with E-state index in [9.17, 15) is 19.8 Å². The lowest BCUT2D eigenvalue weighted by Gasteiger charge is -2.16. The van der Waals surface area contributed by atoms with Gasteiger partial charge in [0.15, 0.2) is 11.5 Å². The first kappa shape index (κ1) is 17.5. The van der Waals surface area contributed by atoms with Crippen molar-refractivity contribution in [2.24, 2.45) is 0 Å². The first-order chi connectivity index (χ1) is 13.6. The van der Waals surface area contributed by atoms with Crippen LogP contribution in [0.25, 0.3) is 22.4 Å². The molecule has 4 heteroatoms. The minimum Gasteiger partial charge on any atom is -0.504 e. The summed E-state index contributed by atoms with van der Waals surface area (Å²) in [6, 6.07) is 21.9. The third-order valence-corrected chi connectivity index (χ3v) is 4.67. The Morgan fingerprint density at radius 3 is 2.07 bits per heavy atom. The fourth-order valence-electron chi connectivity index (χ4n) is 3.22. The molecule has 0 fully saturated rings. The number of allylic oxidation sites excluding steroid dienone is 3. The Hall–Kier alpha value is -3.92. The Morgan fingerprint density at radius 1 is 0.643 bits per heavy atom. The molecule has 0 amide bonds. The molecule has 3 aromatic rings. The Labute approximate surface area is 161 Å². The van der Waals surface area contributed by atoms with Crippen LogP contribution >= 0.6 is 0 Å². The summed E-state index contributed by atoms with van der Waals surface area (Å²) in [5.74, 6) is -2.89. The molecule has 0 spiro atoms. The van der Waals surface area contributed by atoms with Crippen molar-refractivity contribution in [3.8, 4) is 0 Å². The van der Waals surface area contributed by atoms with Crippen LogP contribution in [0.4, 0.5) is 0 Å². The van der Waals surface area contributed by atoms with Crippen LogP contribution in [0, 0.1) is 0 Å². The predicted molar refractivity (Wildman–Crippen MR) is 109 cm³/mol. The fourth-order valence-corrected chi connectivity index (χ4v) is 3.22. The van der Waals surface area contributed by atoms with E-state index in [-0.39, 0.29) is 11.1 Å². The molecule has 0 unspecified atom stereocenters. The Bertz CT molecular complexity index is 1200. The molecule has 1 aliphatic carbocycles. The van der Waals surface area contributed by atoms with Crippen molar-refractivity contribution in [2.45, 2.75) is 0 Å². The summed E-state index contributed by atoms with van der Waals surface area (Å²) in [5.41, 5.74) is 0.764. The van der Waals surface area contributed by atoms with Gasteiger partial charge in [-0.25, -0.2) is 0 Å². The van der Waals surface area contributed by atoms with E-state index >= 15 is 0 Å². The maximum Gasteiger partial charge on any atom is 0.232 e. The van der Waals surface area contributed by atoms with Gasteiger partial charge < -0.3 is 10.2 Å². The number of hydrogen-bond donors (Lipinski definition) is 2. The van der Waals surface area contributed by atoms with Crippen molar-refractivity contribution < 1.29 is 19.8 Å². The highest BCUT2D eigenvalue weighted by Crippen LogP contribution is 2.30. The number of aliphatic hydroxyl groups is 2. The molecule has 0 atom stereocenters. The SMILES string of the molecule is O=C1C(O)=C(c2ccccc2)C(=O)C(O)=C1/C=C/c1ccc2ccccc2c1. The fraction of sp³-hybridized carbons (Fsp3) is 0. The zero-order valence-electron chi connectivity index (χ0n) is 14.8. The van der Waals surface area contributed by atoms with E-state index in [2.05, 4.69) is 0 Å². The second-order valence-corrected chi connectivity index (χ2v) is 6.45. The highest BCUT2D eigenvalue weighted by molar-refractivity contribution is 6.38. The summed E-state index contributed by atoms with van der Waals surface area (Å²) < 4.78 is 0. The normalized spacial score (nSPS) is 15.1. The lowest BCUT2D eigenvalue weighted by atomic mass is 9.89. The van der Waals surface area contributed by atoms with Gasteiger partial charge in [0.25, 0.3) is 0 Å². The van der Waals surface area contributed by atoms with Crippen molar-refractivity contribution >= 4 is 34.0 Å². The zero-order chi connectivity index (χ0) is 19.7. The van der Waals surface area contributed by atoms with Gasteiger partial charge in [0.2, 0.25) is 11.6 Å². The van der Waals surface area contributed by atoms with Crippen molar-refractivity contribution in [2.75, 3.05) is 0 Å². The first-order valence-corrected chi connectivity index (χ1v) is 8.74.